The van der Waals surface area contributed by atoms with Crippen LogP contribution in [0.3, 0.4) is 0 Å². The van der Waals surface area contributed by atoms with E-state index in [4.69, 9.17) is 18.9 Å². The highest BCUT2D eigenvalue weighted by molar-refractivity contribution is 5.87. The van der Waals surface area contributed by atoms with Gasteiger partial charge in [0.1, 0.15) is 11.3 Å². The van der Waals surface area contributed by atoms with Crippen LogP contribution in [0.4, 0.5) is 5.69 Å². The topological polar surface area (TPSA) is 84.1 Å². The molecule has 1 heterocycles. The number of fused-ring (bicyclic) bond motifs is 1. The van der Waals surface area contributed by atoms with Crippen LogP contribution in [0.5, 0.6) is 11.5 Å². The lowest BCUT2D eigenvalue weighted by Gasteiger charge is -2.10. The maximum atomic E-state index is 11.2. The number of hydrogen-bond acceptors (Lipinski definition) is 6. The van der Waals surface area contributed by atoms with Crippen LogP contribution in [0.25, 0.3) is 22.3 Å². The van der Waals surface area contributed by atoms with E-state index in [9.17, 15) is 9.90 Å². The first-order valence-corrected chi connectivity index (χ1v) is 9.61. The van der Waals surface area contributed by atoms with Crippen molar-refractivity contribution in [2.24, 2.45) is 4.99 Å². The number of carbonyl (C=O) groups excluding carboxylic acids is 1. The minimum absolute atomic E-state index is 0.0717. The molecule has 156 valence electrons. The molecule has 0 aliphatic carbocycles. The Kier molecular flexibility index (Phi) is 5.45. The van der Waals surface area contributed by atoms with Gasteiger partial charge in [-0.2, -0.15) is 0 Å². The van der Waals surface area contributed by atoms with Crippen molar-refractivity contribution in [3.05, 3.63) is 83.2 Å². The Morgan fingerprint density at radius 3 is 2.48 bits per heavy atom. The number of carboxylic acid groups (broad SMARTS) is 1. The highest BCUT2D eigenvalue weighted by atomic mass is 16.5. The summed E-state index contributed by atoms with van der Waals surface area (Å²) in [5, 5.41) is 12.7. The van der Waals surface area contributed by atoms with Gasteiger partial charge in [-0.3, -0.25) is 0 Å². The largest absolute Gasteiger partial charge is 0.545 e. The number of nitrogens with zero attached hydrogens (tertiary/aromatic N) is 1. The van der Waals surface area contributed by atoms with Crippen molar-refractivity contribution in [3.63, 3.8) is 0 Å². The van der Waals surface area contributed by atoms with Crippen LogP contribution < -0.4 is 19.9 Å². The zero-order valence-electron chi connectivity index (χ0n) is 17.3. The number of hydrogen-bond donors (Lipinski definition) is 0. The van der Waals surface area contributed by atoms with Gasteiger partial charge < -0.3 is 23.8 Å². The molecule has 0 N–H and O–H groups in total. The van der Waals surface area contributed by atoms with E-state index in [-0.39, 0.29) is 5.56 Å². The molecule has 0 bridgehead atoms. The highest BCUT2D eigenvalue weighted by Gasteiger charge is 2.11. The quantitative estimate of drug-likeness (QED) is 0.492. The molecule has 6 heteroatoms. The van der Waals surface area contributed by atoms with Crippen molar-refractivity contribution >= 4 is 22.6 Å². The summed E-state index contributed by atoms with van der Waals surface area (Å²) < 4.78 is 16.9. The third kappa shape index (κ3) is 4.14. The molecule has 0 radical (unpaired) electrons. The number of ether oxygens (including phenoxy) is 2. The van der Waals surface area contributed by atoms with Gasteiger partial charge in [-0.05, 0) is 55.0 Å². The zero-order chi connectivity index (χ0) is 22.0. The molecule has 4 rings (SSSR count). The second kappa shape index (κ2) is 8.36. The fourth-order valence-corrected chi connectivity index (χ4v) is 3.35. The summed E-state index contributed by atoms with van der Waals surface area (Å²) in [6.45, 7) is 1.99. The summed E-state index contributed by atoms with van der Waals surface area (Å²) in [4.78, 5) is 15.9. The van der Waals surface area contributed by atoms with Crippen molar-refractivity contribution in [3.8, 4) is 22.8 Å². The molecule has 0 aliphatic rings. The van der Waals surface area contributed by atoms with Gasteiger partial charge in [-0.15, -0.1) is 0 Å². The molecule has 0 unspecified atom stereocenters. The average molecular weight is 414 g/mol. The first-order chi connectivity index (χ1) is 15.0. The lowest BCUT2D eigenvalue weighted by molar-refractivity contribution is -0.255. The molecule has 1 aromatic heterocycles. The highest BCUT2D eigenvalue weighted by Crippen LogP contribution is 2.33. The molecule has 0 aliphatic heterocycles. The van der Waals surface area contributed by atoms with Gasteiger partial charge in [-0.25, -0.2) is 4.99 Å². The second-order valence-electron chi connectivity index (χ2n) is 7.01. The molecule has 31 heavy (non-hydrogen) atoms. The number of rotatable bonds is 5. The summed E-state index contributed by atoms with van der Waals surface area (Å²) >= 11 is 0. The first-order valence-electron chi connectivity index (χ1n) is 9.61. The van der Waals surface area contributed by atoms with Crippen molar-refractivity contribution in [1.29, 1.82) is 0 Å². The van der Waals surface area contributed by atoms with E-state index in [0.717, 1.165) is 16.5 Å². The van der Waals surface area contributed by atoms with Crippen molar-refractivity contribution in [1.82, 2.24) is 0 Å². The Morgan fingerprint density at radius 2 is 1.74 bits per heavy atom. The number of carboxylic acids is 1. The van der Waals surface area contributed by atoms with Crippen LogP contribution in [0, 0.1) is 6.92 Å². The summed E-state index contributed by atoms with van der Waals surface area (Å²) in [5.74, 6) is 0.546. The number of methoxy groups -OCH3 is 2. The van der Waals surface area contributed by atoms with Gasteiger partial charge in [0.2, 0.25) is 0 Å². The lowest BCUT2D eigenvalue weighted by Crippen LogP contribution is -2.21. The minimum atomic E-state index is -1.24. The van der Waals surface area contributed by atoms with Crippen LogP contribution in [0.2, 0.25) is 0 Å². The van der Waals surface area contributed by atoms with E-state index in [1.54, 1.807) is 26.4 Å². The summed E-state index contributed by atoms with van der Waals surface area (Å²) in [7, 11) is 3.16. The molecule has 0 spiro atoms. The average Bonchev–Trinajstić information content (AvgIpc) is 2.79. The fourth-order valence-electron chi connectivity index (χ4n) is 3.35. The maximum absolute atomic E-state index is 11.2. The van der Waals surface area contributed by atoms with Gasteiger partial charge in [0.15, 0.2) is 11.5 Å². The maximum Gasteiger partial charge on any atom is 0.161 e. The van der Waals surface area contributed by atoms with Crippen LogP contribution in [0.1, 0.15) is 15.9 Å². The van der Waals surface area contributed by atoms with E-state index in [1.807, 2.05) is 49.4 Å². The predicted octanol–water partition coefficient (Wildman–Crippen LogP) is 4.02. The number of benzene rings is 3. The van der Waals surface area contributed by atoms with Crippen molar-refractivity contribution in [2.75, 3.05) is 14.2 Å². The standard InChI is InChI=1S/C25H21NO5/c1-15-7-9-21-19(11-15)20(26-18-6-4-5-17(12-18)25(27)28)14-23(31-21)16-8-10-22(29-2)24(13-16)30-3/h4-14H,1-3H3,(H,27,28)/p-1. The second-order valence-corrected chi connectivity index (χ2v) is 7.01. The zero-order valence-corrected chi connectivity index (χ0v) is 17.3. The van der Waals surface area contributed by atoms with E-state index in [0.29, 0.717) is 33.9 Å². The molecular formula is C25H20NO5-. The Hall–Kier alpha value is -4.06. The fraction of sp³-hybridized carbons (Fsp3) is 0.120. The van der Waals surface area contributed by atoms with E-state index < -0.39 is 5.97 Å². The van der Waals surface area contributed by atoms with Crippen molar-refractivity contribution in [2.45, 2.75) is 6.92 Å². The van der Waals surface area contributed by atoms with E-state index in [1.165, 1.54) is 12.1 Å². The minimum Gasteiger partial charge on any atom is -0.545 e. The molecular weight excluding hydrogens is 394 g/mol. The summed E-state index contributed by atoms with van der Waals surface area (Å²) in [5.41, 5.74) is 3.09. The molecule has 0 amide bonds. The molecule has 6 nitrogen and oxygen atoms in total. The summed E-state index contributed by atoms with van der Waals surface area (Å²) in [6.07, 6.45) is 0. The third-order valence-electron chi connectivity index (χ3n) is 4.90. The van der Waals surface area contributed by atoms with Gasteiger partial charge >= 0.3 is 0 Å². The third-order valence-corrected chi connectivity index (χ3v) is 4.90. The summed E-state index contributed by atoms with van der Waals surface area (Å²) in [6, 6.07) is 19.5. The SMILES string of the molecule is COc1ccc(-c2cc(=Nc3cccc(C(=O)[O-])c3)c3cc(C)ccc3o2)cc1OC. The van der Waals surface area contributed by atoms with Crippen LogP contribution in [-0.4, -0.2) is 20.2 Å². The Labute approximate surface area is 179 Å². The molecule has 0 saturated heterocycles. The van der Waals surface area contributed by atoms with Crippen LogP contribution in [-0.2, 0) is 0 Å². The predicted molar refractivity (Wildman–Crippen MR) is 115 cm³/mol. The number of aryl methyl sites for hydroxylation is 1. The van der Waals surface area contributed by atoms with Gasteiger partial charge in [0.25, 0.3) is 0 Å². The van der Waals surface area contributed by atoms with Crippen LogP contribution in [0.15, 0.2) is 76.1 Å². The molecule has 0 atom stereocenters. The van der Waals surface area contributed by atoms with E-state index in [2.05, 4.69) is 0 Å². The van der Waals surface area contributed by atoms with Gasteiger partial charge in [-0.1, -0.05) is 23.8 Å². The smallest absolute Gasteiger partial charge is 0.161 e. The Bertz CT molecular complexity index is 1350. The first kappa shape index (κ1) is 20.2. The Morgan fingerprint density at radius 1 is 0.935 bits per heavy atom. The molecule has 3 aromatic carbocycles. The van der Waals surface area contributed by atoms with Crippen molar-refractivity contribution < 1.29 is 23.8 Å². The molecule has 4 aromatic rings. The van der Waals surface area contributed by atoms with Crippen LogP contribution >= 0.6 is 0 Å². The number of carbonyl (C=O) groups is 1. The molecule has 0 saturated carbocycles. The van der Waals surface area contributed by atoms with Gasteiger partial charge in [0.05, 0.1) is 31.2 Å². The molecule has 0 fully saturated rings. The monoisotopic (exact) mass is 414 g/mol. The number of aromatic carboxylic acids is 1. The lowest BCUT2D eigenvalue weighted by atomic mass is 10.1. The normalized spacial score (nSPS) is 11.5. The van der Waals surface area contributed by atoms with E-state index >= 15 is 0 Å². The Balaban J connectivity index is 1.96. The van der Waals surface area contributed by atoms with Gasteiger partial charge in [0, 0.05) is 17.0 Å².